The summed E-state index contributed by atoms with van der Waals surface area (Å²) in [6.07, 6.45) is -2.99. The Hall–Kier alpha value is -5.67. The molecule has 60 heavy (non-hydrogen) atoms. The molecule has 2 atom stereocenters. The molecule has 22 heteroatoms. The van der Waals surface area contributed by atoms with E-state index in [2.05, 4.69) is 31.9 Å². The van der Waals surface area contributed by atoms with Gasteiger partial charge in [0.15, 0.2) is 0 Å². The van der Waals surface area contributed by atoms with E-state index < -0.39 is 65.5 Å². The highest BCUT2D eigenvalue weighted by Crippen LogP contribution is 2.20. The second-order valence-corrected chi connectivity index (χ2v) is 14.3. The molecule has 2 aliphatic rings. The van der Waals surface area contributed by atoms with Gasteiger partial charge in [0.05, 0.1) is 0 Å². The Balaban J connectivity index is 1.89. The number of carbonyl (C=O) groups is 11. The third kappa shape index (κ3) is 18.9. The van der Waals surface area contributed by atoms with Gasteiger partial charge in [-0.05, 0) is 20.3 Å². The number of carbonyl (C=O) groups excluding carboxylic acids is 11. The van der Waals surface area contributed by atoms with Crippen molar-refractivity contribution in [2.75, 3.05) is 72.2 Å². The number of likely N-dealkylation sites (tertiary alicyclic amines) is 2. The number of nitrogens with one attached hydrogen (secondary N) is 6. The van der Waals surface area contributed by atoms with E-state index in [0.29, 0.717) is 13.1 Å². The summed E-state index contributed by atoms with van der Waals surface area (Å²) in [5, 5.41) is 15.3. The van der Waals surface area contributed by atoms with Gasteiger partial charge in [0.2, 0.25) is 47.3 Å². The van der Waals surface area contributed by atoms with E-state index in [1.165, 1.54) is 0 Å². The summed E-state index contributed by atoms with van der Waals surface area (Å²) in [6.45, 7) is 6.70. The van der Waals surface area contributed by atoms with Crippen LogP contribution in [0.3, 0.4) is 0 Å². The van der Waals surface area contributed by atoms with Crippen LogP contribution in [0.1, 0.15) is 79.1 Å². The van der Waals surface area contributed by atoms with Crippen LogP contribution in [0.5, 0.6) is 0 Å². The van der Waals surface area contributed by atoms with E-state index in [0.717, 1.165) is 9.80 Å². The van der Waals surface area contributed by atoms with Gasteiger partial charge in [-0.15, -0.1) is 0 Å². The lowest BCUT2D eigenvalue weighted by Crippen LogP contribution is -2.39. The van der Waals surface area contributed by atoms with E-state index in [9.17, 15) is 52.7 Å². The van der Waals surface area contributed by atoms with E-state index in [4.69, 9.17) is 14.2 Å². The van der Waals surface area contributed by atoms with E-state index in [1.807, 2.05) is 0 Å². The molecule has 2 heterocycles. The van der Waals surface area contributed by atoms with Gasteiger partial charge in [0, 0.05) is 122 Å². The van der Waals surface area contributed by atoms with Crippen LogP contribution in [0.25, 0.3) is 0 Å². The molecule has 0 bridgehead atoms. The summed E-state index contributed by atoms with van der Waals surface area (Å²) < 4.78 is 15.9. The number of alkyl carbamates (subject to hydrolysis) is 2. The average Bonchev–Trinajstić information content (AvgIpc) is 3.59. The first-order chi connectivity index (χ1) is 28.6. The van der Waals surface area contributed by atoms with Crippen molar-refractivity contribution in [2.24, 2.45) is 17.8 Å². The third-order valence-corrected chi connectivity index (χ3v) is 9.29. The maximum atomic E-state index is 13.4. The van der Waals surface area contributed by atoms with Gasteiger partial charge in [-0.2, -0.15) is 0 Å². The summed E-state index contributed by atoms with van der Waals surface area (Å²) >= 11 is 0. The van der Waals surface area contributed by atoms with Crippen LogP contribution in [0.2, 0.25) is 0 Å². The molecule has 22 nitrogen and oxygen atoms in total. The highest BCUT2D eigenvalue weighted by Gasteiger charge is 2.36. The summed E-state index contributed by atoms with van der Waals surface area (Å²) in [5.74, 6) is -5.70. The van der Waals surface area contributed by atoms with Gasteiger partial charge in [0.25, 0.3) is 0 Å². The number of nitrogens with zero attached hydrogens (tertiary/aromatic N) is 2. The predicted octanol–water partition coefficient (Wildman–Crippen LogP) is -1.36. The number of amides is 10. The first-order valence-corrected chi connectivity index (χ1v) is 20.3. The summed E-state index contributed by atoms with van der Waals surface area (Å²) in [4.78, 5) is 137. The Labute approximate surface area is 348 Å². The maximum absolute atomic E-state index is 13.4. The van der Waals surface area contributed by atoms with Crippen LogP contribution in [0.15, 0.2) is 0 Å². The van der Waals surface area contributed by atoms with Gasteiger partial charge < -0.3 is 46.1 Å². The molecular formula is C38H60N8O14. The van der Waals surface area contributed by atoms with Crippen LogP contribution < -0.4 is 31.9 Å². The molecule has 0 radical (unpaired) electrons. The minimum Gasteiger partial charge on any atom is -0.447 e. The number of ether oxygens (including phenoxy) is 3. The highest BCUT2D eigenvalue weighted by atomic mass is 16.6. The zero-order valence-electron chi connectivity index (χ0n) is 34.9. The highest BCUT2D eigenvalue weighted by molar-refractivity contribution is 6.04. The van der Waals surface area contributed by atoms with Gasteiger partial charge in [-0.1, -0.05) is 13.8 Å². The van der Waals surface area contributed by atoms with Crippen molar-refractivity contribution in [3.8, 4) is 0 Å². The minimum absolute atomic E-state index is 0.0129. The molecular weight excluding hydrogens is 792 g/mol. The fraction of sp³-hybridized carbons (Fsp3) is 0.711. The standard InChI is InChI=1S/C38H60N8O14/c1-5-39-37(56)59-22-27(23-60-38(57)40-6-2)58-17-7-8-28(47)26(20-31(50)43-13-11-41-29(48)9-15-45-33(52)18-24(3)35(45)54)21-32(51)44-14-12-42-30(49)10-16-46-34(53)19-25(4)36(46)55/h24-27H,5-23H2,1-4H3,(H,39,56)(H,40,57)(H,41,48)(H,42,49)(H,43,50)(H,44,51). The largest absolute Gasteiger partial charge is 0.447 e. The van der Waals surface area contributed by atoms with Crippen molar-refractivity contribution in [1.82, 2.24) is 41.7 Å². The summed E-state index contributed by atoms with van der Waals surface area (Å²) in [5.41, 5.74) is 0. The minimum atomic E-state index is -1.07. The molecule has 0 aromatic heterocycles. The summed E-state index contributed by atoms with van der Waals surface area (Å²) in [6, 6.07) is 0. The lowest BCUT2D eigenvalue weighted by molar-refractivity contribution is -0.141. The fourth-order valence-corrected chi connectivity index (χ4v) is 6.04. The second kappa shape index (κ2) is 27.2. The van der Waals surface area contributed by atoms with Crippen molar-refractivity contribution < 1.29 is 67.0 Å². The number of hydrogen-bond acceptors (Lipinski definition) is 14. The van der Waals surface area contributed by atoms with Crippen LogP contribution in [-0.4, -0.2) is 153 Å². The van der Waals surface area contributed by atoms with Crippen LogP contribution >= 0.6 is 0 Å². The van der Waals surface area contributed by atoms with Gasteiger partial charge in [0.1, 0.15) is 25.1 Å². The molecule has 0 spiro atoms. The molecule has 0 aliphatic carbocycles. The number of Topliss-reactive ketones (excluding diaryl/α,β-unsaturated/α-hetero) is 1. The first-order valence-electron chi connectivity index (χ1n) is 20.3. The third-order valence-electron chi connectivity index (χ3n) is 9.29. The van der Waals surface area contributed by atoms with Crippen molar-refractivity contribution in [3.63, 3.8) is 0 Å². The van der Waals surface area contributed by atoms with Crippen LogP contribution in [-0.2, 0) is 57.4 Å². The van der Waals surface area contributed by atoms with Gasteiger partial charge >= 0.3 is 12.2 Å². The van der Waals surface area contributed by atoms with Crippen LogP contribution in [0, 0.1) is 17.8 Å². The number of hydrogen-bond donors (Lipinski definition) is 6. The molecule has 0 aromatic carbocycles. The Bertz CT molecular complexity index is 1460. The van der Waals surface area contributed by atoms with Crippen molar-refractivity contribution in [2.45, 2.75) is 85.2 Å². The maximum Gasteiger partial charge on any atom is 0.407 e. The lowest BCUT2D eigenvalue weighted by Gasteiger charge is -2.19. The summed E-state index contributed by atoms with van der Waals surface area (Å²) in [7, 11) is 0. The molecule has 2 unspecified atom stereocenters. The van der Waals surface area contributed by atoms with E-state index in [-0.39, 0.29) is 134 Å². The fourth-order valence-electron chi connectivity index (χ4n) is 6.04. The number of ketones is 1. The molecule has 0 saturated carbocycles. The topological polar surface area (TPSA) is 294 Å². The first kappa shape index (κ1) is 50.5. The lowest BCUT2D eigenvalue weighted by atomic mass is 9.92. The van der Waals surface area contributed by atoms with Crippen molar-refractivity contribution in [3.05, 3.63) is 0 Å². The number of rotatable bonds is 28. The predicted molar refractivity (Wildman–Crippen MR) is 209 cm³/mol. The average molecular weight is 853 g/mol. The molecule has 0 aromatic rings. The van der Waals surface area contributed by atoms with Crippen molar-refractivity contribution >= 4 is 65.2 Å². The second-order valence-electron chi connectivity index (χ2n) is 14.3. The Morgan fingerprint density at radius 2 is 1.00 bits per heavy atom. The molecule has 2 saturated heterocycles. The molecule has 6 N–H and O–H groups in total. The quantitative estimate of drug-likeness (QED) is 0.0392. The SMILES string of the molecule is CCNC(=O)OCC(COC(=O)NCC)OCCCC(=O)C(CC(=O)NCCNC(=O)CCN1C(=O)CC(C)C1=O)CC(=O)NCCNC(=O)CCN1C(=O)CC(C)C1=O. The smallest absolute Gasteiger partial charge is 0.407 e. The number of imide groups is 2. The normalized spacial score (nSPS) is 16.7. The Morgan fingerprint density at radius 3 is 1.37 bits per heavy atom. The molecule has 336 valence electrons. The monoisotopic (exact) mass is 852 g/mol. The molecule has 10 amide bonds. The molecule has 2 aliphatic heterocycles. The van der Waals surface area contributed by atoms with Crippen molar-refractivity contribution in [1.29, 1.82) is 0 Å². The zero-order valence-corrected chi connectivity index (χ0v) is 34.9. The van der Waals surface area contributed by atoms with E-state index in [1.54, 1.807) is 27.7 Å². The molecule has 2 fully saturated rings. The molecule has 2 rings (SSSR count). The van der Waals surface area contributed by atoms with Gasteiger partial charge in [-0.3, -0.25) is 53.0 Å². The van der Waals surface area contributed by atoms with E-state index >= 15 is 0 Å². The Kier molecular flexibility index (Phi) is 22.8. The Morgan fingerprint density at radius 1 is 0.600 bits per heavy atom. The zero-order chi connectivity index (χ0) is 44.6. The van der Waals surface area contributed by atoms with Crippen LogP contribution in [0.4, 0.5) is 9.59 Å². The van der Waals surface area contributed by atoms with Gasteiger partial charge in [-0.25, -0.2) is 9.59 Å².